The highest BCUT2D eigenvalue weighted by Crippen LogP contribution is 2.00. The molecule has 0 saturated carbocycles. The van der Waals surface area contributed by atoms with Crippen molar-refractivity contribution in [3.63, 3.8) is 0 Å². The minimum atomic E-state index is 0. The van der Waals surface area contributed by atoms with Crippen molar-refractivity contribution in [2.24, 2.45) is 7.05 Å². The zero-order valence-corrected chi connectivity index (χ0v) is 10.4. The van der Waals surface area contributed by atoms with Crippen molar-refractivity contribution in [3.8, 4) is 0 Å². The molecule has 0 aliphatic carbocycles. The topological polar surface area (TPSA) is 17.8 Å². The van der Waals surface area contributed by atoms with Crippen LogP contribution >= 0.6 is 12.4 Å². The highest BCUT2D eigenvalue weighted by molar-refractivity contribution is 5.85. The summed E-state index contributed by atoms with van der Waals surface area (Å²) in [5.74, 6) is 0. The number of hydrogen-bond donors (Lipinski definition) is 0. The van der Waals surface area contributed by atoms with Crippen LogP contribution in [0.1, 0.15) is 46.0 Å². The van der Waals surface area contributed by atoms with Crippen LogP contribution in [0.25, 0.3) is 0 Å². The molecule has 0 spiro atoms. The van der Waals surface area contributed by atoms with Gasteiger partial charge in [0.15, 0.2) is 0 Å². The van der Waals surface area contributed by atoms with Crippen molar-refractivity contribution < 1.29 is 0 Å². The second-order valence-corrected chi connectivity index (χ2v) is 3.29. The molecular weight excluding hydrogens is 196 g/mol. The summed E-state index contributed by atoms with van der Waals surface area (Å²) < 4.78 is 1.89. The van der Waals surface area contributed by atoms with Crippen molar-refractivity contribution in [1.29, 1.82) is 0 Å². The van der Waals surface area contributed by atoms with Crippen LogP contribution in [0.15, 0.2) is 18.7 Å². The highest BCUT2D eigenvalue weighted by atomic mass is 35.5. The van der Waals surface area contributed by atoms with E-state index in [1.807, 2.05) is 17.8 Å². The van der Waals surface area contributed by atoms with Crippen LogP contribution in [-0.4, -0.2) is 9.55 Å². The summed E-state index contributed by atoms with van der Waals surface area (Å²) in [4.78, 5) is 3.78. The van der Waals surface area contributed by atoms with Crippen molar-refractivity contribution >= 4 is 12.4 Å². The molecule has 0 saturated heterocycles. The second-order valence-electron chi connectivity index (χ2n) is 3.29. The molecule has 0 bridgehead atoms. The predicted octanol–water partition coefficient (Wildman–Crippen LogP) is 3.82. The van der Waals surface area contributed by atoms with Gasteiger partial charge in [-0.25, -0.2) is 4.98 Å². The van der Waals surface area contributed by atoms with Crippen molar-refractivity contribution in [3.05, 3.63) is 18.7 Å². The lowest BCUT2D eigenvalue weighted by Gasteiger charge is -1.90. The Hall–Kier alpha value is -0.500. The van der Waals surface area contributed by atoms with Gasteiger partial charge in [0.1, 0.15) is 0 Å². The molecule has 1 rings (SSSR count). The summed E-state index contributed by atoms with van der Waals surface area (Å²) in [5, 5.41) is 0. The maximum atomic E-state index is 3.78. The maximum absolute atomic E-state index is 3.78. The highest BCUT2D eigenvalue weighted by Gasteiger charge is 1.80. The van der Waals surface area contributed by atoms with Crippen LogP contribution in [0, 0.1) is 0 Å². The van der Waals surface area contributed by atoms with E-state index in [1.54, 1.807) is 12.5 Å². The van der Waals surface area contributed by atoms with Crippen LogP contribution in [-0.2, 0) is 7.05 Å². The van der Waals surface area contributed by atoms with Crippen LogP contribution in [0.5, 0.6) is 0 Å². The molecule has 0 amide bonds. The van der Waals surface area contributed by atoms with E-state index in [9.17, 15) is 0 Å². The fourth-order valence-electron chi connectivity index (χ4n) is 1.00. The van der Waals surface area contributed by atoms with Gasteiger partial charge in [0.05, 0.1) is 6.33 Å². The molecule has 0 atom stereocenters. The molecule has 0 aliphatic heterocycles. The normalized spacial score (nSPS) is 8.50. The summed E-state index contributed by atoms with van der Waals surface area (Å²) in [5.41, 5.74) is 0. The average Bonchev–Trinajstić information content (AvgIpc) is 2.58. The molecule has 0 unspecified atom stereocenters. The number of imidazole rings is 1. The average molecular weight is 219 g/mol. The summed E-state index contributed by atoms with van der Waals surface area (Å²) in [6.45, 7) is 4.49. The second kappa shape index (κ2) is 12.5. The van der Waals surface area contributed by atoms with Gasteiger partial charge in [-0.3, -0.25) is 0 Å². The zero-order valence-electron chi connectivity index (χ0n) is 9.57. The molecule has 3 heteroatoms. The lowest BCUT2D eigenvalue weighted by atomic mass is 10.2. The number of aryl methyl sites for hydroxylation is 1. The van der Waals surface area contributed by atoms with Gasteiger partial charge in [-0.15, -0.1) is 12.4 Å². The minimum Gasteiger partial charge on any atom is -0.341 e. The first-order valence-corrected chi connectivity index (χ1v) is 5.23. The smallest absolute Gasteiger partial charge is 0.0943 e. The van der Waals surface area contributed by atoms with E-state index in [1.165, 1.54) is 32.1 Å². The molecule has 14 heavy (non-hydrogen) atoms. The van der Waals surface area contributed by atoms with Crippen LogP contribution in [0.2, 0.25) is 0 Å². The molecular formula is C11H23ClN2. The standard InChI is InChI=1S/C7H16.C4H6N2.ClH/c1-3-5-7-6-4-2;1-6-3-2-5-4-6;/h3-7H2,1-2H3;2-4H,1H3;1H. The first-order chi connectivity index (χ1) is 6.31. The SMILES string of the molecule is CCCCCCC.Cl.Cn1ccnc1. The van der Waals surface area contributed by atoms with Gasteiger partial charge in [-0.2, -0.15) is 0 Å². The molecule has 0 N–H and O–H groups in total. The molecule has 84 valence electrons. The summed E-state index contributed by atoms with van der Waals surface area (Å²) in [7, 11) is 1.94. The third-order valence-corrected chi connectivity index (χ3v) is 1.84. The van der Waals surface area contributed by atoms with Crippen molar-refractivity contribution in [2.75, 3.05) is 0 Å². The molecule has 2 nitrogen and oxygen atoms in total. The number of hydrogen-bond acceptors (Lipinski definition) is 1. The summed E-state index contributed by atoms with van der Waals surface area (Å²) >= 11 is 0. The lowest BCUT2D eigenvalue weighted by molar-refractivity contribution is 0.656. The van der Waals surface area contributed by atoms with E-state index < -0.39 is 0 Å². The largest absolute Gasteiger partial charge is 0.341 e. The van der Waals surface area contributed by atoms with Crippen molar-refractivity contribution in [2.45, 2.75) is 46.0 Å². The maximum Gasteiger partial charge on any atom is 0.0943 e. The quantitative estimate of drug-likeness (QED) is 0.703. The number of halogens is 1. The third kappa shape index (κ3) is 11.5. The van der Waals surface area contributed by atoms with E-state index in [4.69, 9.17) is 0 Å². The Morgan fingerprint density at radius 2 is 1.64 bits per heavy atom. The lowest BCUT2D eigenvalue weighted by Crippen LogP contribution is -1.76. The van der Waals surface area contributed by atoms with E-state index in [-0.39, 0.29) is 12.4 Å². The first-order valence-electron chi connectivity index (χ1n) is 5.23. The Morgan fingerprint density at radius 1 is 1.07 bits per heavy atom. The number of nitrogens with zero attached hydrogens (tertiary/aromatic N) is 2. The monoisotopic (exact) mass is 218 g/mol. The number of aromatic nitrogens is 2. The number of unbranched alkanes of at least 4 members (excludes halogenated alkanes) is 4. The van der Waals surface area contributed by atoms with Gasteiger partial charge in [-0.05, 0) is 0 Å². The molecule has 1 heterocycles. The zero-order chi connectivity index (χ0) is 9.94. The Kier molecular flexibility index (Phi) is 14.2. The van der Waals surface area contributed by atoms with E-state index in [2.05, 4.69) is 18.8 Å². The Labute approximate surface area is 94.1 Å². The molecule has 1 aromatic rings. The van der Waals surface area contributed by atoms with E-state index in [0.29, 0.717) is 0 Å². The van der Waals surface area contributed by atoms with E-state index >= 15 is 0 Å². The predicted molar refractivity (Wildman–Crippen MR) is 64.9 cm³/mol. The molecule has 1 aromatic heterocycles. The molecule has 0 aliphatic rings. The number of rotatable bonds is 4. The summed E-state index contributed by atoms with van der Waals surface area (Å²) in [6, 6.07) is 0. The van der Waals surface area contributed by atoms with Crippen molar-refractivity contribution in [1.82, 2.24) is 9.55 Å². The molecule has 0 radical (unpaired) electrons. The third-order valence-electron chi connectivity index (χ3n) is 1.84. The Bertz CT molecular complexity index is 169. The van der Waals surface area contributed by atoms with Gasteiger partial charge in [-0.1, -0.05) is 46.0 Å². The van der Waals surface area contributed by atoms with Crippen LogP contribution in [0.3, 0.4) is 0 Å². The van der Waals surface area contributed by atoms with Gasteiger partial charge in [0, 0.05) is 19.4 Å². The fourth-order valence-corrected chi connectivity index (χ4v) is 1.00. The Balaban J connectivity index is 0. The van der Waals surface area contributed by atoms with E-state index in [0.717, 1.165) is 0 Å². The molecule has 0 fully saturated rings. The van der Waals surface area contributed by atoms with Gasteiger partial charge < -0.3 is 4.57 Å². The first kappa shape index (κ1) is 15.9. The molecule has 0 aromatic carbocycles. The fraction of sp³-hybridized carbons (Fsp3) is 0.727. The van der Waals surface area contributed by atoms with Crippen LogP contribution in [0.4, 0.5) is 0 Å². The van der Waals surface area contributed by atoms with Gasteiger partial charge in [0.2, 0.25) is 0 Å². The van der Waals surface area contributed by atoms with Gasteiger partial charge >= 0.3 is 0 Å². The minimum absolute atomic E-state index is 0. The summed E-state index contributed by atoms with van der Waals surface area (Å²) in [6.07, 6.45) is 12.4. The Morgan fingerprint density at radius 3 is 1.86 bits per heavy atom. The van der Waals surface area contributed by atoms with Gasteiger partial charge in [0.25, 0.3) is 0 Å². The van der Waals surface area contributed by atoms with Crippen LogP contribution < -0.4 is 0 Å².